The van der Waals surface area contributed by atoms with Gasteiger partial charge in [-0.3, -0.25) is 4.79 Å². The van der Waals surface area contributed by atoms with Crippen LogP contribution in [0, 0.1) is 6.92 Å². The van der Waals surface area contributed by atoms with E-state index < -0.39 is 6.10 Å². The van der Waals surface area contributed by atoms with Crippen molar-refractivity contribution in [2.75, 3.05) is 12.4 Å². The zero-order valence-corrected chi connectivity index (χ0v) is 13.6. The van der Waals surface area contributed by atoms with E-state index in [1.54, 1.807) is 7.11 Å². The van der Waals surface area contributed by atoms with E-state index in [0.29, 0.717) is 5.92 Å². The Balaban J connectivity index is 2.29. The summed E-state index contributed by atoms with van der Waals surface area (Å²) in [5, 5.41) is 3.05. The van der Waals surface area contributed by atoms with Gasteiger partial charge in [-0.1, -0.05) is 62.4 Å². The summed E-state index contributed by atoms with van der Waals surface area (Å²) in [4.78, 5) is 12.6. The van der Waals surface area contributed by atoms with Crippen molar-refractivity contribution in [1.29, 1.82) is 0 Å². The molecule has 0 saturated heterocycles. The number of para-hydroxylation sites is 1. The highest BCUT2D eigenvalue weighted by Gasteiger charge is 2.21. The van der Waals surface area contributed by atoms with Crippen molar-refractivity contribution in [2.45, 2.75) is 32.8 Å². The molecule has 116 valence electrons. The highest BCUT2D eigenvalue weighted by atomic mass is 16.5. The molecule has 0 bridgehead atoms. The minimum absolute atomic E-state index is 0.148. The summed E-state index contributed by atoms with van der Waals surface area (Å²) >= 11 is 0. The second-order valence-corrected chi connectivity index (χ2v) is 5.71. The lowest BCUT2D eigenvalue weighted by atomic mass is 9.98. The summed E-state index contributed by atoms with van der Waals surface area (Å²) in [6, 6.07) is 15.6. The first-order valence-corrected chi connectivity index (χ1v) is 7.52. The van der Waals surface area contributed by atoms with Crippen molar-refractivity contribution in [2.24, 2.45) is 0 Å². The fraction of sp³-hybridized carbons (Fsp3) is 0.316. The molecule has 0 unspecified atom stereocenters. The first-order chi connectivity index (χ1) is 10.5. The van der Waals surface area contributed by atoms with Gasteiger partial charge in [0.25, 0.3) is 5.91 Å². The van der Waals surface area contributed by atoms with Crippen LogP contribution < -0.4 is 5.32 Å². The summed E-state index contributed by atoms with van der Waals surface area (Å²) in [7, 11) is 1.55. The Labute approximate surface area is 132 Å². The molecule has 0 radical (unpaired) electrons. The molecule has 0 saturated carbocycles. The quantitative estimate of drug-likeness (QED) is 0.885. The molecule has 3 heteroatoms. The maximum absolute atomic E-state index is 12.6. The minimum atomic E-state index is -0.610. The zero-order valence-electron chi connectivity index (χ0n) is 13.6. The van der Waals surface area contributed by atoms with Gasteiger partial charge in [0.15, 0.2) is 6.10 Å². The molecule has 0 aliphatic rings. The SMILES string of the molecule is CO[C@H](C(=O)Nc1c(C)cccc1C(C)C)c1ccccc1. The number of anilines is 1. The predicted octanol–water partition coefficient (Wildman–Crippen LogP) is 4.44. The fourth-order valence-corrected chi connectivity index (χ4v) is 2.55. The van der Waals surface area contributed by atoms with Gasteiger partial charge in [0.2, 0.25) is 0 Å². The Bertz CT molecular complexity index is 635. The van der Waals surface area contributed by atoms with Crippen LogP contribution in [0.2, 0.25) is 0 Å². The lowest BCUT2D eigenvalue weighted by Gasteiger charge is -2.20. The van der Waals surface area contributed by atoms with E-state index in [1.807, 2.05) is 49.4 Å². The van der Waals surface area contributed by atoms with E-state index in [-0.39, 0.29) is 5.91 Å². The Kier molecular flexibility index (Phi) is 5.34. The van der Waals surface area contributed by atoms with Crippen LogP contribution in [0.5, 0.6) is 0 Å². The molecule has 2 rings (SSSR count). The number of hydrogen-bond donors (Lipinski definition) is 1. The van der Waals surface area contributed by atoms with Gasteiger partial charge in [-0.15, -0.1) is 0 Å². The van der Waals surface area contributed by atoms with Crippen molar-refractivity contribution in [3.05, 3.63) is 65.2 Å². The lowest BCUT2D eigenvalue weighted by Crippen LogP contribution is -2.23. The first kappa shape index (κ1) is 16.2. The predicted molar refractivity (Wildman–Crippen MR) is 90.1 cm³/mol. The van der Waals surface area contributed by atoms with Crippen molar-refractivity contribution < 1.29 is 9.53 Å². The van der Waals surface area contributed by atoms with Crippen LogP contribution in [0.1, 0.15) is 42.6 Å². The third kappa shape index (κ3) is 3.55. The molecule has 2 aromatic carbocycles. The van der Waals surface area contributed by atoms with Gasteiger partial charge in [-0.25, -0.2) is 0 Å². The number of nitrogens with one attached hydrogen (secondary N) is 1. The van der Waals surface area contributed by atoms with E-state index in [0.717, 1.165) is 22.4 Å². The molecule has 1 amide bonds. The molecule has 0 fully saturated rings. The molecular weight excluding hydrogens is 274 g/mol. The highest BCUT2D eigenvalue weighted by molar-refractivity contribution is 5.96. The number of carbonyl (C=O) groups excluding carboxylic acids is 1. The lowest BCUT2D eigenvalue weighted by molar-refractivity contribution is -0.126. The number of hydrogen-bond acceptors (Lipinski definition) is 2. The van der Waals surface area contributed by atoms with Gasteiger partial charge < -0.3 is 10.1 Å². The van der Waals surface area contributed by atoms with Gasteiger partial charge in [-0.2, -0.15) is 0 Å². The Morgan fingerprint density at radius 1 is 1.05 bits per heavy atom. The Morgan fingerprint density at radius 3 is 2.32 bits per heavy atom. The van der Waals surface area contributed by atoms with Crippen LogP contribution in [0.3, 0.4) is 0 Å². The Morgan fingerprint density at radius 2 is 1.73 bits per heavy atom. The summed E-state index contributed by atoms with van der Waals surface area (Å²) in [6.45, 7) is 6.25. The molecule has 0 aromatic heterocycles. The second-order valence-electron chi connectivity index (χ2n) is 5.71. The molecule has 0 spiro atoms. The van der Waals surface area contributed by atoms with E-state index in [1.165, 1.54) is 0 Å². The number of methoxy groups -OCH3 is 1. The van der Waals surface area contributed by atoms with Gasteiger partial charge in [0, 0.05) is 12.8 Å². The smallest absolute Gasteiger partial charge is 0.258 e. The summed E-state index contributed by atoms with van der Waals surface area (Å²) in [5.41, 5.74) is 3.93. The maximum atomic E-state index is 12.6. The van der Waals surface area contributed by atoms with E-state index in [4.69, 9.17) is 4.74 Å². The van der Waals surface area contributed by atoms with E-state index in [9.17, 15) is 4.79 Å². The summed E-state index contributed by atoms with van der Waals surface area (Å²) < 4.78 is 5.40. The molecule has 22 heavy (non-hydrogen) atoms. The minimum Gasteiger partial charge on any atom is -0.367 e. The summed E-state index contributed by atoms with van der Waals surface area (Å²) in [6.07, 6.45) is -0.610. The first-order valence-electron chi connectivity index (χ1n) is 7.52. The van der Waals surface area contributed by atoms with Crippen LogP contribution >= 0.6 is 0 Å². The molecule has 0 heterocycles. The average molecular weight is 297 g/mol. The van der Waals surface area contributed by atoms with Crippen LogP contribution in [-0.2, 0) is 9.53 Å². The van der Waals surface area contributed by atoms with E-state index >= 15 is 0 Å². The number of aryl methyl sites for hydroxylation is 1. The normalized spacial score (nSPS) is 12.2. The van der Waals surface area contributed by atoms with Crippen LogP contribution in [0.4, 0.5) is 5.69 Å². The third-order valence-electron chi connectivity index (χ3n) is 3.75. The van der Waals surface area contributed by atoms with Gasteiger partial charge in [-0.05, 0) is 29.5 Å². The molecular formula is C19H23NO2. The number of amides is 1. The third-order valence-corrected chi connectivity index (χ3v) is 3.75. The fourth-order valence-electron chi connectivity index (χ4n) is 2.55. The summed E-state index contributed by atoms with van der Waals surface area (Å²) in [5.74, 6) is 0.192. The highest BCUT2D eigenvalue weighted by Crippen LogP contribution is 2.29. The van der Waals surface area contributed by atoms with Crippen LogP contribution in [0.25, 0.3) is 0 Å². The molecule has 1 atom stereocenters. The monoisotopic (exact) mass is 297 g/mol. The van der Waals surface area contributed by atoms with Crippen molar-refractivity contribution in [1.82, 2.24) is 0 Å². The number of carbonyl (C=O) groups is 1. The van der Waals surface area contributed by atoms with Gasteiger partial charge in [0.05, 0.1) is 0 Å². The topological polar surface area (TPSA) is 38.3 Å². The molecule has 3 nitrogen and oxygen atoms in total. The molecule has 0 aliphatic carbocycles. The second kappa shape index (κ2) is 7.23. The van der Waals surface area contributed by atoms with Gasteiger partial charge >= 0.3 is 0 Å². The van der Waals surface area contributed by atoms with Crippen LogP contribution in [0.15, 0.2) is 48.5 Å². The van der Waals surface area contributed by atoms with E-state index in [2.05, 4.69) is 25.2 Å². The van der Waals surface area contributed by atoms with Crippen molar-refractivity contribution in [3.63, 3.8) is 0 Å². The number of ether oxygens (including phenoxy) is 1. The standard InChI is InChI=1S/C19H23NO2/c1-13(2)16-12-8-9-14(3)17(16)20-19(21)18(22-4)15-10-6-5-7-11-15/h5-13,18H,1-4H3,(H,20,21)/t18-/m0/s1. The number of rotatable bonds is 5. The molecule has 2 aromatic rings. The largest absolute Gasteiger partial charge is 0.367 e. The maximum Gasteiger partial charge on any atom is 0.258 e. The van der Waals surface area contributed by atoms with Crippen LogP contribution in [-0.4, -0.2) is 13.0 Å². The number of benzene rings is 2. The van der Waals surface area contributed by atoms with Crippen molar-refractivity contribution >= 4 is 11.6 Å². The zero-order chi connectivity index (χ0) is 16.1. The van der Waals surface area contributed by atoms with Crippen molar-refractivity contribution in [3.8, 4) is 0 Å². The molecule has 1 N–H and O–H groups in total. The average Bonchev–Trinajstić information content (AvgIpc) is 2.51. The Hall–Kier alpha value is -2.13. The molecule has 0 aliphatic heterocycles. The van der Waals surface area contributed by atoms with Gasteiger partial charge in [0.1, 0.15) is 0 Å².